The van der Waals surface area contributed by atoms with Gasteiger partial charge < -0.3 is 4.74 Å². The molecule has 90 valence electrons. The van der Waals surface area contributed by atoms with Crippen LogP contribution in [0.5, 0.6) is 0 Å². The van der Waals surface area contributed by atoms with E-state index in [0.717, 1.165) is 38.0 Å². The number of ketones is 1. The summed E-state index contributed by atoms with van der Waals surface area (Å²) in [6.45, 7) is 3.00. The molecule has 1 spiro atoms. The summed E-state index contributed by atoms with van der Waals surface area (Å²) in [4.78, 5) is 12.2. The van der Waals surface area contributed by atoms with Crippen LogP contribution in [0.2, 0.25) is 0 Å². The Morgan fingerprint density at radius 3 is 2.94 bits per heavy atom. The van der Waals surface area contributed by atoms with E-state index >= 15 is 0 Å². The highest BCUT2D eigenvalue weighted by molar-refractivity contribution is 7.99. The van der Waals surface area contributed by atoms with Gasteiger partial charge in [-0.05, 0) is 37.4 Å². The van der Waals surface area contributed by atoms with Crippen LogP contribution >= 0.6 is 11.8 Å². The number of Topliss-reactive ketones (excluding diaryl/α,β-unsaturated/α-hetero) is 1. The molecule has 2 heterocycles. The van der Waals surface area contributed by atoms with E-state index in [0.29, 0.717) is 23.5 Å². The van der Waals surface area contributed by atoms with Crippen molar-refractivity contribution < 1.29 is 9.53 Å². The molecule has 0 N–H and O–H groups in total. The van der Waals surface area contributed by atoms with Gasteiger partial charge in [0.1, 0.15) is 5.78 Å². The number of carbonyl (C=O) groups excluding carboxylic acids is 1. The van der Waals surface area contributed by atoms with E-state index in [4.69, 9.17) is 4.74 Å². The summed E-state index contributed by atoms with van der Waals surface area (Å²) >= 11 is 1.98. The molecule has 0 bridgehead atoms. The molecule has 1 aliphatic carbocycles. The van der Waals surface area contributed by atoms with Crippen LogP contribution in [0.3, 0.4) is 0 Å². The third-order valence-electron chi connectivity index (χ3n) is 4.44. The van der Waals surface area contributed by atoms with E-state index in [2.05, 4.69) is 6.92 Å². The Kier molecular flexibility index (Phi) is 2.79. The molecule has 3 fully saturated rings. The first-order valence-electron chi connectivity index (χ1n) is 6.46. The second-order valence-electron chi connectivity index (χ2n) is 5.75. The summed E-state index contributed by atoms with van der Waals surface area (Å²) in [5, 5.41) is 0. The van der Waals surface area contributed by atoms with Crippen LogP contribution in [0.15, 0.2) is 0 Å². The van der Waals surface area contributed by atoms with E-state index in [1.165, 1.54) is 5.75 Å². The number of rotatable bonds is 2. The molecular formula is C13H20O2S. The summed E-state index contributed by atoms with van der Waals surface area (Å²) in [7, 11) is 0. The molecule has 3 heteroatoms. The molecule has 0 radical (unpaired) electrons. The second kappa shape index (κ2) is 4.02. The average Bonchev–Trinajstić information content (AvgIpc) is 2.85. The van der Waals surface area contributed by atoms with E-state index in [9.17, 15) is 4.79 Å². The van der Waals surface area contributed by atoms with Gasteiger partial charge in [0.05, 0.1) is 5.60 Å². The smallest absolute Gasteiger partial charge is 0.139 e. The predicted molar refractivity (Wildman–Crippen MR) is 65.6 cm³/mol. The van der Waals surface area contributed by atoms with Crippen molar-refractivity contribution in [2.75, 3.05) is 18.1 Å². The van der Waals surface area contributed by atoms with Crippen molar-refractivity contribution in [2.24, 2.45) is 17.8 Å². The van der Waals surface area contributed by atoms with Gasteiger partial charge >= 0.3 is 0 Å². The van der Waals surface area contributed by atoms with E-state index in [1.54, 1.807) is 0 Å². The lowest BCUT2D eigenvalue weighted by atomic mass is 9.81. The molecule has 0 amide bonds. The summed E-state index contributed by atoms with van der Waals surface area (Å²) in [6, 6.07) is 0. The lowest BCUT2D eigenvalue weighted by Crippen LogP contribution is -2.42. The van der Waals surface area contributed by atoms with Gasteiger partial charge in [-0.2, -0.15) is 11.8 Å². The van der Waals surface area contributed by atoms with E-state index in [-0.39, 0.29) is 5.60 Å². The normalized spacial score (nSPS) is 47.2. The molecule has 4 atom stereocenters. The summed E-state index contributed by atoms with van der Waals surface area (Å²) in [5.41, 5.74) is 0.0708. The van der Waals surface area contributed by atoms with Gasteiger partial charge in [0.15, 0.2) is 0 Å². The van der Waals surface area contributed by atoms with Crippen molar-refractivity contribution in [3.05, 3.63) is 0 Å². The zero-order valence-corrected chi connectivity index (χ0v) is 10.7. The van der Waals surface area contributed by atoms with Crippen molar-refractivity contribution in [1.29, 1.82) is 0 Å². The first kappa shape index (κ1) is 11.1. The summed E-state index contributed by atoms with van der Waals surface area (Å²) < 4.78 is 5.96. The maximum atomic E-state index is 12.2. The molecule has 0 aromatic rings. The van der Waals surface area contributed by atoms with Crippen molar-refractivity contribution in [3.8, 4) is 0 Å². The van der Waals surface area contributed by atoms with Crippen LogP contribution in [0, 0.1) is 17.8 Å². The lowest BCUT2D eigenvalue weighted by molar-refractivity contribution is -0.135. The Morgan fingerprint density at radius 1 is 1.50 bits per heavy atom. The van der Waals surface area contributed by atoms with Crippen LogP contribution < -0.4 is 0 Å². The zero-order valence-electron chi connectivity index (χ0n) is 9.91. The van der Waals surface area contributed by atoms with Crippen LogP contribution in [0.25, 0.3) is 0 Å². The molecule has 3 rings (SSSR count). The molecule has 0 aromatic carbocycles. The number of thioether (sulfide) groups is 1. The highest BCUT2D eigenvalue weighted by atomic mass is 32.2. The van der Waals surface area contributed by atoms with Crippen molar-refractivity contribution in [2.45, 2.75) is 38.2 Å². The topological polar surface area (TPSA) is 26.3 Å². The maximum absolute atomic E-state index is 12.2. The minimum atomic E-state index is 0.0708. The Bertz CT molecular complexity index is 296. The molecule has 2 aliphatic heterocycles. The first-order valence-corrected chi connectivity index (χ1v) is 7.61. The zero-order chi connectivity index (χ0) is 11.2. The van der Waals surface area contributed by atoms with E-state index in [1.807, 2.05) is 11.8 Å². The van der Waals surface area contributed by atoms with Gasteiger partial charge in [-0.3, -0.25) is 4.79 Å². The fourth-order valence-electron chi connectivity index (χ4n) is 3.16. The maximum Gasteiger partial charge on any atom is 0.139 e. The van der Waals surface area contributed by atoms with Gasteiger partial charge in [0.25, 0.3) is 0 Å². The third-order valence-corrected chi connectivity index (χ3v) is 5.66. The fraction of sp³-hybridized carbons (Fsp3) is 0.923. The standard InChI is InChI=1S/C13H20O2S/c1-9-6-11(9)12(14)10-2-4-15-13(7-10)3-5-16-8-13/h9-11H,2-8H2,1H3. The van der Waals surface area contributed by atoms with Crippen molar-refractivity contribution in [1.82, 2.24) is 0 Å². The lowest BCUT2D eigenvalue weighted by Gasteiger charge is -2.37. The molecule has 2 nitrogen and oxygen atoms in total. The van der Waals surface area contributed by atoms with Gasteiger partial charge in [0.2, 0.25) is 0 Å². The van der Waals surface area contributed by atoms with Crippen LogP contribution in [0.1, 0.15) is 32.6 Å². The average molecular weight is 240 g/mol. The van der Waals surface area contributed by atoms with Gasteiger partial charge in [-0.15, -0.1) is 0 Å². The number of hydrogen-bond donors (Lipinski definition) is 0. The van der Waals surface area contributed by atoms with Crippen molar-refractivity contribution >= 4 is 17.5 Å². The van der Waals surface area contributed by atoms with Gasteiger partial charge in [-0.25, -0.2) is 0 Å². The molecule has 2 saturated heterocycles. The first-order chi connectivity index (χ1) is 7.70. The van der Waals surface area contributed by atoms with E-state index < -0.39 is 0 Å². The summed E-state index contributed by atoms with van der Waals surface area (Å²) in [6.07, 6.45) is 4.26. The largest absolute Gasteiger partial charge is 0.374 e. The second-order valence-corrected chi connectivity index (χ2v) is 6.85. The minimum absolute atomic E-state index is 0.0708. The summed E-state index contributed by atoms with van der Waals surface area (Å²) in [5.74, 6) is 4.23. The minimum Gasteiger partial charge on any atom is -0.374 e. The molecule has 16 heavy (non-hydrogen) atoms. The third kappa shape index (κ3) is 1.92. The molecule has 1 saturated carbocycles. The predicted octanol–water partition coefficient (Wildman–Crippen LogP) is 2.51. The molecule has 3 aliphatic rings. The Labute approximate surface area is 101 Å². The number of carbonyl (C=O) groups is 1. The molecular weight excluding hydrogens is 220 g/mol. The monoisotopic (exact) mass is 240 g/mol. The van der Waals surface area contributed by atoms with Crippen LogP contribution in [-0.4, -0.2) is 29.5 Å². The van der Waals surface area contributed by atoms with Crippen LogP contribution in [-0.2, 0) is 9.53 Å². The Balaban J connectivity index is 1.65. The van der Waals surface area contributed by atoms with Crippen LogP contribution in [0.4, 0.5) is 0 Å². The number of hydrogen-bond acceptors (Lipinski definition) is 3. The van der Waals surface area contributed by atoms with Gasteiger partial charge in [0, 0.05) is 24.2 Å². The SMILES string of the molecule is CC1CC1C(=O)C1CCOC2(CCSC2)C1. The Hall–Kier alpha value is -0.0200. The molecule has 4 unspecified atom stereocenters. The number of ether oxygens (including phenoxy) is 1. The Morgan fingerprint density at radius 2 is 2.31 bits per heavy atom. The molecule has 0 aromatic heterocycles. The van der Waals surface area contributed by atoms with Gasteiger partial charge in [-0.1, -0.05) is 6.92 Å². The van der Waals surface area contributed by atoms with Crippen molar-refractivity contribution in [3.63, 3.8) is 0 Å². The quantitative estimate of drug-likeness (QED) is 0.742. The highest BCUT2D eigenvalue weighted by Crippen LogP contribution is 2.46. The fourth-order valence-corrected chi connectivity index (χ4v) is 4.53. The highest BCUT2D eigenvalue weighted by Gasteiger charge is 2.47.